The molecule has 3 atom stereocenters. The monoisotopic (exact) mass is 344 g/mol. The van der Waals surface area contributed by atoms with Gasteiger partial charge in [-0.05, 0) is 54.2 Å². The molecule has 0 saturated heterocycles. The van der Waals surface area contributed by atoms with Crippen LogP contribution in [0.25, 0.3) is 10.9 Å². The van der Waals surface area contributed by atoms with Crippen LogP contribution in [0.15, 0.2) is 60.8 Å². The molecule has 0 amide bonds. The molecule has 5 rings (SSSR count). The Kier molecular flexibility index (Phi) is 3.74. The number of ether oxygens (including phenoxy) is 1. The SMILES string of the molecule is CCCOc1ccc2c(c1)C1C=CCC1C(c1c[nH]c3ccccc13)N2. The first-order valence-electron chi connectivity index (χ1n) is 9.61. The molecule has 0 bridgehead atoms. The number of benzene rings is 2. The van der Waals surface area contributed by atoms with Gasteiger partial charge in [-0.2, -0.15) is 0 Å². The van der Waals surface area contributed by atoms with Crippen LogP contribution >= 0.6 is 0 Å². The number of aromatic nitrogens is 1. The Balaban J connectivity index is 1.55. The maximum atomic E-state index is 5.87. The highest BCUT2D eigenvalue weighted by atomic mass is 16.5. The number of para-hydroxylation sites is 1. The zero-order chi connectivity index (χ0) is 17.5. The van der Waals surface area contributed by atoms with E-state index in [9.17, 15) is 0 Å². The van der Waals surface area contributed by atoms with Gasteiger partial charge in [0.2, 0.25) is 0 Å². The van der Waals surface area contributed by atoms with E-state index in [0.717, 1.165) is 25.2 Å². The molecule has 132 valence electrons. The van der Waals surface area contributed by atoms with E-state index in [1.165, 1.54) is 27.7 Å². The molecule has 3 aromatic rings. The van der Waals surface area contributed by atoms with Gasteiger partial charge in [0.25, 0.3) is 0 Å². The van der Waals surface area contributed by atoms with E-state index in [4.69, 9.17) is 4.74 Å². The summed E-state index contributed by atoms with van der Waals surface area (Å²) in [6, 6.07) is 15.4. The number of fused-ring (bicyclic) bond motifs is 4. The number of hydrogen-bond donors (Lipinski definition) is 2. The van der Waals surface area contributed by atoms with E-state index >= 15 is 0 Å². The molecule has 2 aliphatic rings. The van der Waals surface area contributed by atoms with Gasteiger partial charge in [0.1, 0.15) is 5.75 Å². The number of aromatic amines is 1. The molecule has 2 heterocycles. The van der Waals surface area contributed by atoms with Crippen LogP contribution < -0.4 is 10.1 Å². The fourth-order valence-electron chi connectivity index (χ4n) is 4.54. The van der Waals surface area contributed by atoms with Gasteiger partial charge in [0, 0.05) is 28.7 Å². The largest absolute Gasteiger partial charge is 0.494 e. The molecule has 3 heteroatoms. The third-order valence-electron chi connectivity index (χ3n) is 5.76. The van der Waals surface area contributed by atoms with Gasteiger partial charge in [-0.15, -0.1) is 0 Å². The van der Waals surface area contributed by atoms with E-state index in [2.05, 4.69) is 78.0 Å². The number of anilines is 1. The molecule has 0 fully saturated rings. The summed E-state index contributed by atoms with van der Waals surface area (Å²) < 4.78 is 5.87. The smallest absolute Gasteiger partial charge is 0.119 e. The second kappa shape index (κ2) is 6.24. The van der Waals surface area contributed by atoms with Crippen molar-refractivity contribution in [3.63, 3.8) is 0 Å². The van der Waals surface area contributed by atoms with E-state index in [0.29, 0.717) is 17.9 Å². The second-order valence-electron chi connectivity index (χ2n) is 7.36. The third kappa shape index (κ3) is 2.42. The summed E-state index contributed by atoms with van der Waals surface area (Å²) in [5.74, 6) is 1.98. The Labute approximate surface area is 154 Å². The number of hydrogen-bond acceptors (Lipinski definition) is 2. The van der Waals surface area contributed by atoms with Crippen LogP contribution in [-0.2, 0) is 0 Å². The molecule has 1 aliphatic carbocycles. The van der Waals surface area contributed by atoms with Crippen molar-refractivity contribution in [3.8, 4) is 5.75 Å². The van der Waals surface area contributed by atoms with Crippen molar-refractivity contribution < 1.29 is 4.74 Å². The number of H-pyrrole nitrogens is 1. The quantitative estimate of drug-likeness (QED) is 0.588. The van der Waals surface area contributed by atoms with Crippen LogP contribution in [0.3, 0.4) is 0 Å². The van der Waals surface area contributed by atoms with Gasteiger partial charge < -0.3 is 15.0 Å². The zero-order valence-corrected chi connectivity index (χ0v) is 15.0. The maximum absolute atomic E-state index is 5.87. The Morgan fingerprint density at radius 1 is 1.12 bits per heavy atom. The Morgan fingerprint density at radius 2 is 2.04 bits per heavy atom. The van der Waals surface area contributed by atoms with Crippen LogP contribution in [0.4, 0.5) is 5.69 Å². The minimum absolute atomic E-state index is 0.320. The molecule has 0 spiro atoms. The summed E-state index contributed by atoms with van der Waals surface area (Å²) >= 11 is 0. The zero-order valence-electron chi connectivity index (χ0n) is 15.0. The van der Waals surface area contributed by atoms with Crippen LogP contribution in [0.5, 0.6) is 5.75 Å². The van der Waals surface area contributed by atoms with Crippen molar-refractivity contribution in [3.05, 3.63) is 71.9 Å². The Morgan fingerprint density at radius 3 is 2.96 bits per heavy atom. The fourth-order valence-corrected chi connectivity index (χ4v) is 4.54. The molecule has 2 N–H and O–H groups in total. The summed E-state index contributed by atoms with van der Waals surface area (Å²) in [6.07, 6.45) is 9.05. The van der Waals surface area contributed by atoms with Gasteiger partial charge in [-0.25, -0.2) is 0 Å². The summed E-state index contributed by atoms with van der Waals surface area (Å²) in [4.78, 5) is 3.44. The lowest BCUT2D eigenvalue weighted by molar-refractivity contribution is 0.316. The lowest BCUT2D eigenvalue weighted by atomic mass is 9.77. The lowest BCUT2D eigenvalue weighted by Crippen LogP contribution is -2.28. The molecule has 26 heavy (non-hydrogen) atoms. The van der Waals surface area contributed by atoms with Gasteiger partial charge in [0.15, 0.2) is 0 Å². The molecular formula is C23H24N2O. The van der Waals surface area contributed by atoms with Gasteiger partial charge in [0.05, 0.1) is 12.6 Å². The summed E-state index contributed by atoms with van der Waals surface area (Å²) in [5, 5.41) is 5.15. The predicted octanol–water partition coefficient (Wildman–Crippen LogP) is 5.78. The van der Waals surface area contributed by atoms with Crippen molar-refractivity contribution in [2.45, 2.75) is 31.7 Å². The van der Waals surface area contributed by atoms with Crippen LogP contribution in [0.1, 0.15) is 42.9 Å². The van der Waals surface area contributed by atoms with Crippen molar-refractivity contribution in [1.82, 2.24) is 4.98 Å². The number of allylic oxidation sites excluding steroid dienone is 2. The van der Waals surface area contributed by atoms with Gasteiger partial charge in [-0.1, -0.05) is 37.3 Å². The molecule has 3 unspecified atom stereocenters. The Hall–Kier alpha value is -2.68. The normalized spacial score (nSPS) is 23.5. The highest BCUT2D eigenvalue weighted by Gasteiger charge is 2.38. The van der Waals surface area contributed by atoms with Crippen molar-refractivity contribution >= 4 is 16.6 Å². The first-order chi connectivity index (χ1) is 12.8. The number of rotatable bonds is 4. The maximum Gasteiger partial charge on any atom is 0.119 e. The second-order valence-corrected chi connectivity index (χ2v) is 7.36. The highest BCUT2D eigenvalue weighted by molar-refractivity contribution is 5.84. The number of nitrogens with one attached hydrogen (secondary N) is 2. The summed E-state index contributed by atoms with van der Waals surface area (Å²) in [5.41, 5.74) is 5.18. The van der Waals surface area contributed by atoms with Crippen molar-refractivity contribution in [2.75, 3.05) is 11.9 Å². The first-order valence-corrected chi connectivity index (χ1v) is 9.61. The highest BCUT2D eigenvalue weighted by Crippen LogP contribution is 2.51. The molecule has 0 radical (unpaired) electrons. The van der Waals surface area contributed by atoms with E-state index in [1.54, 1.807) is 0 Å². The van der Waals surface area contributed by atoms with Crippen LogP contribution in [0.2, 0.25) is 0 Å². The minimum Gasteiger partial charge on any atom is -0.494 e. The molecule has 3 nitrogen and oxygen atoms in total. The molecule has 2 aromatic carbocycles. The van der Waals surface area contributed by atoms with Crippen molar-refractivity contribution in [1.29, 1.82) is 0 Å². The van der Waals surface area contributed by atoms with Gasteiger partial charge in [-0.3, -0.25) is 0 Å². The average Bonchev–Trinajstić information content (AvgIpc) is 3.33. The topological polar surface area (TPSA) is 37.0 Å². The fraction of sp³-hybridized carbons (Fsp3) is 0.304. The standard InChI is InChI=1S/C23H24N2O/c1-2-12-26-15-10-11-22-19(13-15)16-7-5-8-18(16)23(25-22)20-14-24-21-9-4-3-6-17(20)21/h3-7,9-11,13-14,16,18,23-25H,2,8,12H2,1H3. The van der Waals surface area contributed by atoms with Gasteiger partial charge >= 0.3 is 0 Å². The third-order valence-corrected chi connectivity index (χ3v) is 5.76. The predicted molar refractivity (Wildman–Crippen MR) is 107 cm³/mol. The first kappa shape index (κ1) is 15.6. The van der Waals surface area contributed by atoms with E-state index in [1.807, 2.05) is 0 Å². The lowest BCUT2D eigenvalue weighted by Gasteiger charge is -2.37. The summed E-state index contributed by atoms with van der Waals surface area (Å²) in [7, 11) is 0. The molecule has 1 aliphatic heterocycles. The van der Waals surface area contributed by atoms with E-state index < -0.39 is 0 Å². The molecular weight excluding hydrogens is 320 g/mol. The van der Waals surface area contributed by atoms with Crippen LogP contribution in [0, 0.1) is 5.92 Å². The summed E-state index contributed by atoms with van der Waals surface area (Å²) in [6.45, 7) is 2.91. The van der Waals surface area contributed by atoms with Crippen LogP contribution in [-0.4, -0.2) is 11.6 Å². The van der Waals surface area contributed by atoms with E-state index in [-0.39, 0.29) is 0 Å². The minimum atomic E-state index is 0.320. The average molecular weight is 344 g/mol. The Bertz CT molecular complexity index is 971. The molecule has 1 aromatic heterocycles. The molecule has 0 saturated carbocycles. The van der Waals surface area contributed by atoms with Crippen molar-refractivity contribution in [2.24, 2.45) is 5.92 Å².